The fourth-order valence-corrected chi connectivity index (χ4v) is 2.15. The van der Waals surface area contributed by atoms with Crippen LogP contribution in [0.15, 0.2) is 18.2 Å². The number of benzene rings is 1. The van der Waals surface area contributed by atoms with Gasteiger partial charge in [0.15, 0.2) is 17.5 Å². The first-order valence-corrected chi connectivity index (χ1v) is 6.66. The predicted octanol–water partition coefficient (Wildman–Crippen LogP) is 1.46. The Labute approximate surface area is 131 Å². The molecule has 0 heterocycles. The molecule has 1 aromatic carbocycles. The largest absolute Gasteiger partial charge is 0.494 e. The summed E-state index contributed by atoms with van der Waals surface area (Å²) in [4.78, 5) is 33.3. The van der Waals surface area contributed by atoms with Gasteiger partial charge in [-0.25, -0.2) is 4.39 Å². The highest BCUT2D eigenvalue weighted by molar-refractivity contribution is 5.95. The fourth-order valence-electron chi connectivity index (χ4n) is 2.15. The van der Waals surface area contributed by atoms with Crippen LogP contribution in [-0.4, -0.2) is 42.2 Å². The van der Waals surface area contributed by atoms with Crippen molar-refractivity contribution in [2.45, 2.75) is 12.8 Å². The third-order valence-corrected chi connectivity index (χ3v) is 3.16. The van der Waals surface area contributed by atoms with Gasteiger partial charge in [-0.1, -0.05) is 6.07 Å². The Balaban J connectivity index is 3.30. The number of hydrogen-bond acceptors (Lipinski definition) is 6. The number of carbonyl (C=O) groups excluding carboxylic acids is 1. The molecule has 0 aromatic heterocycles. The minimum Gasteiger partial charge on any atom is -0.494 e. The Morgan fingerprint density at radius 2 is 2.09 bits per heavy atom. The molecule has 8 nitrogen and oxygen atoms in total. The molecule has 9 heteroatoms. The van der Waals surface area contributed by atoms with Crippen LogP contribution in [0.3, 0.4) is 0 Å². The van der Waals surface area contributed by atoms with Gasteiger partial charge in [-0.15, -0.1) is 0 Å². The van der Waals surface area contributed by atoms with E-state index in [1.54, 1.807) is 0 Å². The number of methoxy groups -OCH3 is 1. The maximum atomic E-state index is 13.8. The SMILES string of the molecule is CCOC(=O)C(C(=O)O)C(C[N+](=O)[O-])c1ccc(OC)c(F)c1. The molecule has 1 N–H and O–H groups in total. The second-order valence-electron chi connectivity index (χ2n) is 4.58. The molecule has 0 aliphatic heterocycles. The summed E-state index contributed by atoms with van der Waals surface area (Å²) in [7, 11) is 1.24. The average molecular weight is 329 g/mol. The number of esters is 1. The lowest BCUT2D eigenvalue weighted by Gasteiger charge is -2.20. The molecule has 23 heavy (non-hydrogen) atoms. The number of rotatable bonds is 8. The van der Waals surface area contributed by atoms with Gasteiger partial charge in [-0.3, -0.25) is 19.7 Å². The van der Waals surface area contributed by atoms with Crippen molar-refractivity contribution in [3.8, 4) is 5.75 Å². The van der Waals surface area contributed by atoms with E-state index >= 15 is 0 Å². The van der Waals surface area contributed by atoms with Crippen molar-refractivity contribution in [3.05, 3.63) is 39.7 Å². The highest BCUT2D eigenvalue weighted by atomic mass is 19.1. The van der Waals surface area contributed by atoms with E-state index in [1.165, 1.54) is 26.2 Å². The van der Waals surface area contributed by atoms with E-state index in [9.17, 15) is 29.2 Å². The number of carboxylic acids is 1. The lowest BCUT2D eigenvalue weighted by molar-refractivity contribution is -0.484. The van der Waals surface area contributed by atoms with Crippen LogP contribution in [0.5, 0.6) is 5.75 Å². The van der Waals surface area contributed by atoms with E-state index < -0.39 is 41.1 Å². The van der Waals surface area contributed by atoms with Gasteiger partial charge < -0.3 is 14.6 Å². The number of nitrogens with zero attached hydrogens (tertiary/aromatic N) is 1. The molecule has 1 rings (SSSR count). The number of halogens is 1. The summed E-state index contributed by atoms with van der Waals surface area (Å²) in [6, 6.07) is 3.41. The number of aliphatic carboxylic acids is 1. The molecule has 2 unspecified atom stereocenters. The smallest absolute Gasteiger partial charge is 0.321 e. The summed E-state index contributed by atoms with van der Waals surface area (Å²) in [5, 5.41) is 20.1. The quantitative estimate of drug-likeness (QED) is 0.332. The lowest BCUT2D eigenvalue weighted by atomic mass is 9.85. The molecule has 0 amide bonds. The molecule has 1 aromatic rings. The minimum absolute atomic E-state index is 0.000420. The number of hydrogen-bond donors (Lipinski definition) is 1. The van der Waals surface area contributed by atoms with E-state index in [2.05, 4.69) is 4.74 Å². The maximum Gasteiger partial charge on any atom is 0.321 e. The summed E-state index contributed by atoms with van der Waals surface area (Å²) in [6.45, 7) is 0.540. The van der Waals surface area contributed by atoms with Crippen molar-refractivity contribution in [2.75, 3.05) is 20.3 Å². The fraction of sp³-hybridized carbons (Fsp3) is 0.429. The highest BCUT2D eigenvalue weighted by Crippen LogP contribution is 2.30. The number of ether oxygens (including phenoxy) is 2. The van der Waals surface area contributed by atoms with Crippen molar-refractivity contribution in [2.24, 2.45) is 5.92 Å². The second kappa shape index (κ2) is 8.06. The van der Waals surface area contributed by atoms with Crippen molar-refractivity contribution in [1.29, 1.82) is 0 Å². The maximum absolute atomic E-state index is 13.8. The third kappa shape index (κ3) is 4.63. The molecular formula is C14H16FNO7. The zero-order chi connectivity index (χ0) is 17.6. The molecule has 0 aliphatic rings. The van der Waals surface area contributed by atoms with Gasteiger partial charge in [0.1, 0.15) is 0 Å². The minimum atomic E-state index is -1.81. The summed E-state index contributed by atoms with van der Waals surface area (Å²) in [5.41, 5.74) is 0.000420. The van der Waals surface area contributed by atoms with Crippen LogP contribution >= 0.6 is 0 Å². The van der Waals surface area contributed by atoms with Gasteiger partial charge in [-0.05, 0) is 24.6 Å². The molecule has 0 radical (unpaired) electrons. The molecule has 0 saturated heterocycles. The Kier molecular flexibility index (Phi) is 6.43. The monoisotopic (exact) mass is 329 g/mol. The van der Waals surface area contributed by atoms with Gasteiger partial charge in [0.25, 0.3) is 0 Å². The summed E-state index contributed by atoms with van der Waals surface area (Å²) >= 11 is 0. The number of carboxylic acid groups (broad SMARTS) is 1. The van der Waals surface area contributed by atoms with Crippen LogP contribution in [-0.2, 0) is 14.3 Å². The second-order valence-corrected chi connectivity index (χ2v) is 4.58. The molecule has 0 spiro atoms. The zero-order valence-corrected chi connectivity index (χ0v) is 12.5. The topological polar surface area (TPSA) is 116 Å². The van der Waals surface area contributed by atoms with Crippen molar-refractivity contribution >= 4 is 11.9 Å². The van der Waals surface area contributed by atoms with E-state index in [0.717, 1.165) is 6.07 Å². The predicted molar refractivity (Wildman–Crippen MR) is 75.3 cm³/mol. The Morgan fingerprint density at radius 3 is 2.52 bits per heavy atom. The van der Waals surface area contributed by atoms with Gasteiger partial charge in [0.2, 0.25) is 6.54 Å². The van der Waals surface area contributed by atoms with Crippen LogP contribution in [0.4, 0.5) is 4.39 Å². The van der Waals surface area contributed by atoms with Crippen molar-refractivity contribution in [1.82, 2.24) is 0 Å². The summed E-state index contributed by atoms with van der Waals surface area (Å²) < 4.78 is 23.2. The molecule has 2 atom stereocenters. The molecule has 126 valence electrons. The van der Waals surface area contributed by atoms with Crippen molar-refractivity contribution in [3.63, 3.8) is 0 Å². The van der Waals surface area contributed by atoms with E-state index in [-0.39, 0.29) is 17.9 Å². The van der Waals surface area contributed by atoms with Crippen LogP contribution in [0.25, 0.3) is 0 Å². The zero-order valence-electron chi connectivity index (χ0n) is 12.5. The number of carbonyl (C=O) groups is 2. The third-order valence-electron chi connectivity index (χ3n) is 3.16. The first kappa shape index (κ1) is 18.3. The Bertz CT molecular complexity index is 605. The van der Waals surface area contributed by atoms with Gasteiger partial charge >= 0.3 is 11.9 Å². The van der Waals surface area contributed by atoms with Gasteiger partial charge in [-0.2, -0.15) is 0 Å². The normalized spacial score (nSPS) is 13.0. The highest BCUT2D eigenvalue weighted by Gasteiger charge is 2.40. The first-order chi connectivity index (χ1) is 10.8. The van der Waals surface area contributed by atoms with E-state index in [0.29, 0.717) is 0 Å². The Hall–Kier alpha value is -2.71. The van der Waals surface area contributed by atoms with Crippen LogP contribution in [0.1, 0.15) is 18.4 Å². The molecule has 0 bridgehead atoms. The average Bonchev–Trinajstić information content (AvgIpc) is 2.46. The standard InChI is InChI=1S/C14H16FNO7/c1-3-23-14(19)12(13(17)18)9(7-16(20)21)8-4-5-11(22-2)10(15)6-8/h4-6,9,12H,3,7H2,1-2H3,(H,17,18). The van der Waals surface area contributed by atoms with E-state index in [4.69, 9.17) is 4.74 Å². The van der Waals surface area contributed by atoms with Crippen molar-refractivity contribution < 1.29 is 33.5 Å². The van der Waals surface area contributed by atoms with Crippen LogP contribution < -0.4 is 4.74 Å². The van der Waals surface area contributed by atoms with E-state index in [1.807, 2.05) is 0 Å². The van der Waals surface area contributed by atoms with Gasteiger partial charge in [0.05, 0.1) is 19.6 Å². The van der Waals surface area contributed by atoms with Crippen LogP contribution in [0.2, 0.25) is 0 Å². The first-order valence-electron chi connectivity index (χ1n) is 6.66. The molecule has 0 aliphatic carbocycles. The van der Waals surface area contributed by atoms with Gasteiger partial charge in [0, 0.05) is 4.92 Å². The molecule has 0 saturated carbocycles. The Morgan fingerprint density at radius 1 is 1.43 bits per heavy atom. The summed E-state index contributed by atoms with van der Waals surface area (Å²) in [5.74, 6) is -6.78. The molecule has 0 fully saturated rings. The van der Waals surface area contributed by atoms with Crippen LogP contribution in [0, 0.1) is 21.8 Å². The summed E-state index contributed by atoms with van der Waals surface area (Å²) in [6.07, 6.45) is 0. The molecular weight excluding hydrogens is 313 g/mol. The number of nitro groups is 1. The lowest BCUT2D eigenvalue weighted by Crippen LogP contribution is -2.35.